The Bertz CT molecular complexity index is 981. The maximum atomic E-state index is 13.2. The molecule has 6 nitrogen and oxygen atoms in total. The molecule has 0 aliphatic heterocycles. The zero-order valence-electron chi connectivity index (χ0n) is 11.9. The summed E-state index contributed by atoms with van der Waals surface area (Å²) in [5.41, 5.74) is 2.70. The van der Waals surface area contributed by atoms with Gasteiger partial charge in [-0.25, -0.2) is 23.9 Å². The summed E-state index contributed by atoms with van der Waals surface area (Å²) in [6.45, 7) is 0. The summed E-state index contributed by atoms with van der Waals surface area (Å²) in [5.74, 6) is 0.0577. The maximum Gasteiger partial charge on any atom is 0.227 e. The van der Waals surface area contributed by atoms with E-state index in [9.17, 15) is 4.39 Å². The lowest BCUT2D eigenvalue weighted by Crippen LogP contribution is -1.99. The molecule has 0 aliphatic rings. The van der Waals surface area contributed by atoms with Crippen LogP contribution in [0, 0.1) is 5.82 Å². The molecule has 4 rings (SSSR count). The van der Waals surface area contributed by atoms with Gasteiger partial charge < -0.3 is 5.32 Å². The van der Waals surface area contributed by atoms with E-state index >= 15 is 0 Å². The van der Waals surface area contributed by atoms with E-state index in [0.29, 0.717) is 23.0 Å². The highest BCUT2D eigenvalue weighted by Crippen LogP contribution is 2.18. The Morgan fingerprint density at radius 1 is 0.957 bits per heavy atom. The second kappa shape index (κ2) is 5.45. The lowest BCUT2D eigenvalue weighted by atomic mass is 10.3. The monoisotopic (exact) mass is 306 g/mol. The molecule has 0 saturated carbocycles. The van der Waals surface area contributed by atoms with Crippen molar-refractivity contribution in [3.63, 3.8) is 0 Å². The van der Waals surface area contributed by atoms with Crippen LogP contribution in [0.25, 0.3) is 17.0 Å². The van der Waals surface area contributed by atoms with Crippen molar-refractivity contribution in [2.45, 2.75) is 0 Å². The second-order valence-corrected chi connectivity index (χ2v) is 4.85. The summed E-state index contributed by atoms with van der Waals surface area (Å²) in [6, 6.07) is 11.5. The van der Waals surface area contributed by atoms with Gasteiger partial charge in [-0.05, 0) is 30.3 Å². The standard InChI is InChI=1S/C16H11FN6/c17-11-2-1-3-12(10-11)20-16-18-7-4-13(22-16)14-6-9-23-15(21-14)5-8-19-23/h1-10H,(H,18,20,22). The topological polar surface area (TPSA) is 68.0 Å². The van der Waals surface area contributed by atoms with E-state index in [2.05, 4.69) is 25.4 Å². The summed E-state index contributed by atoms with van der Waals surface area (Å²) >= 11 is 0. The molecule has 7 heteroatoms. The fourth-order valence-electron chi connectivity index (χ4n) is 2.21. The number of anilines is 2. The molecule has 112 valence electrons. The molecular formula is C16H11FN6. The number of hydrogen-bond acceptors (Lipinski definition) is 5. The first-order valence-electron chi connectivity index (χ1n) is 6.94. The van der Waals surface area contributed by atoms with Crippen LogP contribution in [0.1, 0.15) is 0 Å². The lowest BCUT2D eigenvalue weighted by Gasteiger charge is -2.06. The second-order valence-electron chi connectivity index (χ2n) is 4.85. The van der Waals surface area contributed by atoms with E-state index in [1.54, 1.807) is 35.1 Å². The van der Waals surface area contributed by atoms with Gasteiger partial charge in [-0.2, -0.15) is 5.10 Å². The van der Waals surface area contributed by atoms with Crippen molar-refractivity contribution in [3.05, 3.63) is 66.9 Å². The largest absolute Gasteiger partial charge is 0.324 e. The van der Waals surface area contributed by atoms with Crippen LogP contribution in [-0.2, 0) is 0 Å². The van der Waals surface area contributed by atoms with Crippen LogP contribution < -0.4 is 5.32 Å². The highest BCUT2D eigenvalue weighted by atomic mass is 19.1. The van der Waals surface area contributed by atoms with Crippen LogP contribution >= 0.6 is 0 Å². The van der Waals surface area contributed by atoms with Gasteiger partial charge in [0.15, 0.2) is 5.65 Å². The third kappa shape index (κ3) is 2.71. The van der Waals surface area contributed by atoms with E-state index < -0.39 is 0 Å². The van der Waals surface area contributed by atoms with Gasteiger partial charge in [-0.15, -0.1) is 0 Å². The van der Waals surface area contributed by atoms with Gasteiger partial charge in [-0.3, -0.25) is 0 Å². The molecule has 3 aromatic heterocycles. The van der Waals surface area contributed by atoms with Gasteiger partial charge in [0.2, 0.25) is 5.95 Å². The van der Waals surface area contributed by atoms with Crippen LogP contribution in [0.4, 0.5) is 16.0 Å². The molecule has 4 aromatic rings. The van der Waals surface area contributed by atoms with Crippen molar-refractivity contribution < 1.29 is 4.39 Å². The predicted octanol–water partition coefficient (Wildman–Crippen LogP) is 3.07. The van der Waals surface area contributed by atoms with Gasteiger partial charge in [0.05, 0.1) is 17.6 Å². The molecule has 0 spiro atoms. The number of fused-ring (bicyclic) bond motifs is 1. The smallest absolute Gasteiger partial charge is 0.227 e. The third-order valence-electron chi connectivity index (χ3n) is 3.26. The summed E-state index contributed by atoms with van der Waals surface area (Å²) < 4.78 is 14.9. The summed E-state index contributed by atoms with van der Waals surface area (Å²) in [5, 5.41) is 7.09. The van der Waals surface area contributed by atoms with E-state index in [1.165, 1.54) is 12.1 Å². The summed E-state index contributed by atoms with van der Waals surface area (Å²) in [7, 11) is 0. The number of aromatic nitrogens is 5. The van der Waals surface area contributed by atoms with E-state index in [4.69, 9.17) is 0 Å². The van der Waals surface area contributed by atoms with Crippen molar-refractivity contribution in [2.24, 2.45) is 0 Å². The number of halogens is 1. The van der Waals surface area contributed by atoms with Crippen LogP contribution in [0.15, 0.2) is 61.1 Å². The number of nitrogens with zero attached hydrogens (tertiary/aromatic N) is 5. The molecule has 0 aliphatic carbocycles. The third-order valence-corrected chi connectivity index (χ3v) is 3.26. The van der Waals surface area contributed by atoms with Crippen molar-refractivity contribution in [1.29, 1.82) is 0 Å². The molecule has 1 aromatic carbocycles. The zero-order chi connectivity index (χ0) is 15.6. The predicted molar refractivity (Wildman–Crippen MR) is 83.7 cm³/mol. The maximum absolute atomic E-state index is 13.2. The first-order chi connectivity index (χ1) is 11.3. The number of nitrogens with one attached hydrogen (secondary N) is 1. The first kappa shape index (κ1) is 13.3. The highest BCUT2D eigenvalue weighted by molar-refractivity contribution is 5.60. The fraction of sp³-hybridized carbons (Fsp3) is 0. The minimum Gasteiger partial charge on any atom is -0.324 e. The van der Waals surface area contributed by atoms with Crippen molar-refractivity contribution in [3.8, 4) is 11.4 Å². The Hall–Kier alpha value is -3.35. The minimum absolute atomic E-state index is 0.320. The average molecular weight is 306 g/mol. The summed E-state index contributed by atoms with van der Waals surface area (Å²) in [6.07, 6.45) is 5.13. The van der Waals surface area contributed by atoms with E-state index in [1.807, 2.05) is 18.3 Å². The molecule has 0 unspecified atom stereocenters. The van der Waals surface area contributed by atoms with Crippen molar-refractivity contribution in [1.82, 2.24) is 24.6 Å². The Kier molecular flexibility index (Phi) is 3.16. The molecule has 0 saturated heterocycles. The molecule has 0 radical (unpaired) electrons. The number of hydrogen-bond donors (Lipinski definition) is 1. The molecular weight excluding hydrogens is 295 g/mol. The van der Waals surface area contributed by atoms with Gasteiger partial charge in [0.1, 0.15) is 5.82 Å². The van der Waals surface area contributed by atoms with E-state index in [0.717, 1.165) is 5.65 Å². The normalized spacial score (nSPS) is 10.8. The Morgan fingerprint density at radius 2 is 1.87 bits per heavy atom. The van der Waals surface area contributed by atoms with Crippen LogP contribution in [0.3, 0.4) is 0 Å². The summed E-state index contributed by atoms with van der Waals surface area (Å²) in [4.78, 5) is 13.1. The van der Waals surface area contributed by atoms with Crippen LogP contribution in [0.2, 0.25) is 0 Å². The quantitative estimate of drug-likeness (QED) is 0.630. The molecule has 0 amide bonds. The van der Waals surface area contributed by atoms with Gasteiger partial charge in [-0.1, -0.05) is 6.07 Å². The van der Waals surface area contributed by atoms with Gasteiger partial charge in [0.25, 0.3) is 0 Å². The Labute approximate surface area is 130 Å². The molecule has 0 fully saturated rings. The van der Waals surface area contributed by atoms with E-state index in [-0.39, 0.29) is 5.82 Å². The molecule has 3 heterocycles. The van der Waals surface area contributed by atoms with Crippen molar-refractivity contribution >= 4 is 17.3 Å². The molecule has 0 atom stereocenters. The molecule has 0 bridgehead atoms. The highest BCUT2D eigenvalue weighted by Gasteiger charge is 2.06. The van der Waals surface area contributed by atoms with Gasteiger partial charge in [0, 0.05) is 24.1 Å². The average Bonchev–Trinajstić information content (AvgIpc) is 3.03. The fourth-order valence-corrected chi connectivity index (χ4v) is 2.21. The Morgan fingerprint density at radius 3 is 2.78 bits per heavy atom. The number of rotatable bonds is 3. The van der Waals surface area contributed by atoms with Gasteiger partial charge >= 0.3 is 0 Å². The zero-order valence-corrected chi connectivity index (χ0v) is 11.9. The van der Waals surface area contributed by atoms with Crippen LogP contribution in [0.5, 0.6) is 0 Å². The minimum atomic E-state index is -0.320. The van der Waals surface area contributed by atoms with Crippen molar-refractivity contribution in [2.75, 3.05) is 5.32 Å². The number of benzene rings is 1. The van der Waals surface area contributed by atoms with Crippen LogP contribution in [-0.4, -0.2) is 24.6 Å². The molecule has 23 heavy (non-hydrogen) atoms. The SMILES string of the molecule is Fc1cccc(Nc2nccc(-c3ccn4nccc4n3)n2)c1. The first-order valence-corrected chi connectivity index (χ1v) is 6.94. The Balaban J connectivity index is 1.67. The molecule has 1 N–H and O–H groups in total. The lowest BCUT2D eigenvalue weighted by molar-refractivity contribution is 0.628.